The molecule has 0 fully saturated rings. The number of alkyl halides is 3. The molecule has 32 heavy (non-hydrogen) atoms. The van der Waals surface area contributed by atoms with Crippen LogP contribution in [0, 0.1) is 11.3 Å². The van der Waals surface area contributed by atoms with Crippen molar-refractivity contribution in [3.05, 3.63) is 65.2 Å². The van der Waals surface area contributed by atoms with Gasteiger partial charge in [-0.05, 0) is 48.4 Å². The van der Waals surface area contributed by atoms with Crippen LogP contribution in [0.2, 0.25) is 0 Å². The number of carbonyl (C=O) groups is 1. The van der Waals surface area contributed by atoms with Crippen molar-refractivity contribution in [2.24, 2.45) is 0 Å². The molecule has 7 heteroatoms. The summed E-state index contributed by atoms with van der Waals surface area (Å²) in [6, 6.07) is 13.0. The number of nitrogens with zero attached hydrogens (tertiary/aromatic N) is 1. The maximum atomic E-state index is 12.8. The number of hydrogen-bond acceptors (Lipinski definition) is 3. The van der Waals surface area contributed by atoms with Crippen molar-refractivity contribution in [1.82, 2.24) is 0 Å². The first-order chi connectivity index (χ1) is 15.3. The van der Waals surface area contributed by atoms with Gasteiger partial charge in [0.1, 0.15) is 17.4 Å². The van der Waals surface area contributed by atoms with E-state index in [4.69, 9.17) is 4.74 Å². The number of carbonyl (C=O) groups excluding carboxylic acids is 1. The first kappa shape index (κ1) is 25.0. The van der Waals surface area contributed by atoms with E-state index in [1.165, 1.54) is 43.9 Å². The van der Waals surface area contributed by atoms with Gasteiger partial charge in [0, 0.05) is 5.69 Å². The first-order valence-corrected chi connectivity index (χ1v) is 10.7. The monoisotopic (exact) mass is 444 g/mol. The van der Waals surface area contributed by atoms with Crippen LogP contribution in [0.1, 0.15) is 56.6 Å². The maximum Gasteiger partial charge on any atom is 0.416 e. The van der Waals surface area contributed by atoms with E-state index in [2.05, 4.69) is 12.2 Å². The molecule has 0 aliphatic rings. The molecule has 0 aliphatic carbocycles. The number of unbranched alkanes of at least 4 members (excludes halogenated alkanes) is 5. The van der Waals surface area contributed by atoms with E-state index >= 15 is 0 Å². The fourth-order valence-electron chi connectivity index (χ4n) is 3.02. The lowest BCUT2D eigenvalue weighted by Gasteiger charge is -2.09. The highest BCUT2D eigenvalue weighted by Crippen LogP contribution is 2.30. The molecule has 0 heterocycles. The molecule has 0 unspecified atom stereocenters. The highest BCUT2D eigenvalue weighted by atomic mass is 19.4. The summed E-state index contributed by atoms with van der Waals surface area (Å²) in [6.45, 7) is 2.81. The summed E-state index contributed by atoms with van der Waals surface area (Å²) in [4.78, 5) is 12.3. The predicted octanol–water partition coefficient (Wildman–Crippen LogP) is 6.99. The van der Waals surface area contributed by atoms with Gasteiger partial charge in [0.25, 0.3) is 5.91 Å². The number of halogens is 3. The van der Waals surface area contributed by atoms with Crippen LogP contribution in [-0.2, 0) is 11.0 Å². The largest absolute Gasteiger partial charge is 0.494 e. The predicted molar refractivity (Wildman–Crippen MR) is 119 cm³/mol. The molecule has 4 nitrogen and oxygen atoms in total. The molecule has 0 aliphatic heterocycles. The topological polar surface area (TPSA) is 62.1 Å². The Hall–Kier alpha value is -3.27. The molecule has 0 bridgehead atoms. The molecule has 170 valence electrons. The lowest BCUT2D eigenvalue weighted by Crippen LogP contribution is -2.14. The van der Waals surface area contributed by atoms with E-state index in [1.807, 2.05) is 0 Å². The van der Waals surface area contributed by atoms with E-state index in [-0.39, 0.29) is 11.3 Å². The Morgan fingerprint density at radius 1 is 1.06 bits per heavy atom. The Morgan fingerprint density at radius 2 is 1.75 bits per heavy atom. The quantitative estimate of drug-likeness (QED) is 0.231. The molecule has 1 N–H and O–H groups in total. The van der Waals surface area contributed by atoms with Gasteiger partial charge in [0.05, 0.1) is 12.2 Å². The Morgan fingerprint density at radius 3 is 2.41 bits per heavy atom. The minimum absolute atomic E-state index is 0.0376. The zero-order valence-corrected chi connectivity index (χ0v) is 18.0. The van der Waals surface area contributed by atoms with Gasteiger partial charge < -0.3 is 10.1 Å². The molecule has 0 atom stereocenters. The number of hydrogen-bond donors (Lipinski definition) is 1. The number of ether oxygens (including phenoxy) is 1. The second kappa shape index (κ2) is 12.6. The summed E-state index contributed by atoms with van der Waals surface area (Å²) >= 11 is 0. The summed E-state index contributed by atoms with van der Waals surface area (Å²) in [7, 11) is 0. The number of nitriles is 1. The average Bonchev–Trinajstić information content (AvgIpc) is 2.77. The van der Waals surface area contributed by atoms with Gasteiger partial charge in [-0.3, -0.25) is 4.79 Å². The molecule has 2 aromatic carbocycles. The minimum Gasteiger partial charge on any atom is -0.494 e. The van der Waals surface area contributed by atoms with Crippen molar-refractivity contribution in [3.63, 3.8) is 0 Å². The summed E-state index contributed by atoms with van der Waals surface area (Å²) in [5.41, 5.74) is -0.533. The number of nitrogens with one attached hydrogen (secondary N) is 1. The lowest BCUT2D eigenvalue weighted by atomic mass is 10.1. The number of amides is 1. The SMILES string of the molecule is CCCCCCCCOc1ccc(/C=C(\C#N)C(=O)Nc2cccc(C(F)(F)F)c2)cc1. The molecule has 0 saturated heterocycles. The fourth-order valence-corrected chi connectivity index (χ4v) is 3.02. The zero-order valence-electron chi connectivity index (χ0n) is 18.0. The Kier molecular flexibility index (Phi) is 9.80. The highest BCUT2D eigenvalue weighted by Gasteiger charge is 2.30. The normalized spacial score (nSPS) is 11.7. The van der Waals surface area contributed by atoms with E-state index in [1.54, 1.807) is 30.3 Å². The third-order valence-electron chi connectivity index (χ3n) is 4.77. The lowest BCUT2D eigenvalue weighted by molar-refractivity contribution is -0.137. The van der Waals surface area contributed by atoms with E-state index < -0.39 is 17.6 Å². The van der Waals surface area contributed by atoms with Gasteiger partial charge in [-0.1, -0.05) is 57.2 Å². The van der Waals surface area contributed by atoms with Crippen LogP contribution >= 0.6 is 0 Å². The molecule has 2 rings (SSSR count). The van der Waals surface area contributed by atoms with Gasteiger partial charge in [-0.25, -0.2) is 0 Å². The van der Waals surface area contributed by atoms with Crippen molar-refractivity contribution >= 4 is 17.7 Å². The van der Waals surface area contributed by atoms with Gasteiger partial charge in [0.15, 0.2) is 0 Å². The molecule has 0 spiro atoms. The van der Waals surface area contributed by atoms with Gasteiger partial charge in [-0.15, -0.1) is 0 Å². The first-order valence-electron chi connectivity index (χ1n) is 10.7. The van der Waals surface area contributed by atoms with Gasteiger partial charge in [-0.2, -0.15) is 18.4 Å². The Bertz CT molecular complexity index is 945. The number of benzene rings is 2. The van der Waals surface area contributed by atoms with Crippen LogP contribution in [-0.4, -0.2) is 12.5 Å². The minimum atomic E-state index is -4.52. The van der Waals surface area contributed by atoms with Crippen molar-refractivity contribution in [1.29, 1.82) is 5.26 Å². The van der Waals surface area contributed by atoms with E-state index in [9.17, 15) is 23.2 Å². The molecule has 1 amide bonds. The molecule has 0 aromatic heterocycles. The molecule has 0 radical (unpaired) electrons. The van der Waals surface area contributed by atoms with Crippen LogP contribution in [0.25, 0.3) is 6.08 Å². The summed E-state index contributed by atoms with van der Waals surface area (Å²) < 4.78 is 44.2. The van der Waals surface area contributed by atoms with Crippen molar-refractivity contribution < 1.29 is 22.7 Å². The number of anilines is 1. The Labute approximate surface area is 186 Å². The van der Waals surface area contributed by atoms with Gasteiger partial charge in [0.2, 0.25) is 0 Å². The van der Waals surface area contributed by atoms with Crippen LogP contribution in [0.15, 0.2) is 54.1 Å². The highest BCUT2D eigenvalue weighted by molar-refractivity contribution is 6.09. The maximum absolute atomic E-state index is 12.8. The van der Waals surface area contributed by atoms with Crippen molar-refractivity contribution in [2.45, 2.75) is 51.6 Å². The third-order valence-corrected chi connectivity index (χ3v) is 4.77. The third kappa shape index (κ3) is 8.46. The summed E-state index contributed by atoms with van der Waals surface area (Å²) in [6.07, 6.45) is 3.91. The molecular formula is C25H27F3N2O2. The van der Waals surface area contributed by atoms with Crippen LogP contribution < -0.4 is 10.1 Å². The fraction of sp³-hybridized carbons (Fsp3) is 0.360. The molecule has 0 saturated carbocycles. The van der Waals surface area contributed by atoms with Gasteiger partial charge >= 0.3 is 6.18 Å². The van der Waals surface area contributed by atoms with Crippen LogP contribution in [0.5, 0.6) is 5.75 Å². The second-order valence-electron chi connectivity index (χ2n) is 7.39. The molecule has 2 aromatic rings. The van der Waals surface area contributed by atoms with Crippen molar-refractivity contribution in [3.8, 4) is 11.8 Å². The summed E-state index contributed by atoms with van der Waals surface area (Å²) in [5, 5.41) is 11.6. The Balaban J connectivity index is 1.92. The van der Waals surface area contributed by atoms with Crippen molar-refractivity contribution in [2.75, 3.05) is 11.9 Å². The second-order valence-corrected chi connectivity index (χ2v) is 7.39. The summed E-state index contributed by atoms with van der Waals surface area (Å²) in [5.74, 6) is -0.0853. The van der Waals surface area contributed by atoms with E-state index in [0.29, 0.717) is 17.9 Å². The standard InChI is InChI=1S/C25H27F3N2O2/c1-2-3-4-5-6-7-15-32-23-13-11-19(12-14-23)16-20(18-29)24(31)30-22-10-8-9-21(17-22)25(26,27)28/h8-14,16-17H,2-7,15H2,1H3,(H,30,31)/b20-16+. The molecular weight excluding hydrogens is 417 g/mol. The zero-order chi connectivity index (χ0) is 23.4. The average molecular weight is 444 g/mol. The number of rotatable bonds is 11. The van der Waals surface area contributed by atoms with E-state index in [0.717, 1.165) is 25.0 Å². The van der Waals surface area contributed by atoms with Crippen LogP contribution in [0.4, 0.5) is 18.9 Å². The van der Waals surface area contributed by atoms with Crippen LogP contribution in [0.3, 0.4) is 0 Å². The smallest absolute Gasteiger partial charge is 0.416 e.